The van der Waals surface area contributed by atoms with Gasteiger partial charge in [-0.3, -0.25) is 4.79 Å². The average molecular weight is 291 g/mol. The molecule has 0 aromatic heterocycles. The summed E-state index contributed by atoms with van der Waals surface area (Å²) in [5.74, 6) is 5.53. The summed E-state index contributed by atoms with van der Waals surface area (Å²) in [6.07, 6.45) is 0.368. The standard InChI is InChI=1S/C16H21NO4/c1-21-13-10-17(9-12-19)16(20)15-8-3-2-6-14(15)7-4-5-11-18/h2-3,6,8,18-19H,5,9-13H2,1H3. The summed E-state index contributed by atoms with van der Waals surface area (Å²) >= 11 is 0. The molecule has 1 rings (SSSR count). The summed E-state index contributed by atoms with van der Waals surface area (Å²) < 4.78 is 4.98. The van der Waals surface area contributed by atoms with Crippen molar-refractivity contribution in [3.63, 3.8) is 0 Å². The normalized spacial score (nSPS) is 9.86. The second kappa shape index (κ2) is 9.94. The van der Waals surface area contributed by atoms with E-state index in [-0.39, 0.29) is 25.7 Å². The minimum absolute atomic E-state index is 0.00636. The molecule has 0 saturated carbocycles. The summed E-state index contributed by atoms with van der Waals surface area (Å²) in [5, 5.41) is 17.8. The number of ether oxygens (including phenoxy) is 1. The zero-order chi connectivity index (χ0) is 15.5. The summed E-state index contributed by atoms with van der Waals surface area (Å²) in [6.45, 7) is 0.959. The van der Waals surface area contributed by atoms with Crippen LogP contribution in [0.25, 0.3) is 0 Å². The Bertz CT molecular complexity index is 504. The van der Waals surface area contributed by atoms with Gasteiger partial charge in [0.15, 0.2) is 0 Å². The fraction of sp³-hybridized carbons (Fsp3) is 0.438. The monoisotopic (exact) mass is 291 g/mol. The summed E-state index contributed by atoms with van der Waals surface area (Å²) in [4.78, 5) is 14.1. The van der Waals surface area contributed by atoms with Crippen molar-refractivity contribution in [2.45, 2.75) is 6.42 Å². The van der Waals surface area contributed by atoms with Gasteiger partial charge in [-0.1, -0.05) is 24.0 Å². The van der Waals surface area contributed by atoms with Gasteiger partial charge in [-0.15, -0.1) is 0 Å². The van der Waals surface area contributed by atoms with E-state index in [4.69, 9.17) is 14.9 Å². The molecule has 0 fully saturated rings. The zero-order valence-corrected chi connectivity index (χ0v) is 12.2. The quantitative estimate of drug-likeness (QED) is 0.718. The Balaban J connectivity index is 2.96. The van der Waals surface area contributed by atoms with E-state index in [1.807, 2.05) is 6.07 Å². The molecule has 1 aromatic rings. The van der Waals surface area contributed by atoms with E-state index in [1.165, 1.54) is 4.90 Å². The summed E-state index contributed by atoms with van der Waals surface area (Å²) in [7, 11) is 1.57. The highest BCUT2D eigenvalue weighted by Crippen LogP contribution is 2.11. The van der Waals surface area contributed by atoms with E-state index in [9.17, 15) is 4.79 Å². The lowest BCUT2D eigenvalue weighted by molar-refractivity contribution is 0.0656. The molecule has 0 atom stereocenters. The number of amides is 1. The van der Waals surface area contributed by atoms with E-state index in [1.54, 1.807) is 25.3 Å². The molecule has 0 radical (unpaired) electrons. The fourth-order valence-electron chi connectivity index (χ4n) is 1.80. The molecule has 5 heteroatoms. The van der Waals surface area contributed by atoms with Crippen molar-refractivity contribution in [2.24, 2.45) is 0 Å². The maximum atomic E-state index is 12.5. The Morgan fingerprint density at radius 3 is 2.67 bits per heavy atom. The highest BCUT2D eigenvalue weighted by Gasteiger charge is 2.17. The number of hydrogen-bond donors (Lipinski definition) is 2. The first-order chi connectivity index (χ1) is 10.2. The molecule has 21 heavy (non-hydrogen) atoms. The van der Waals surface area contributed by atoms with Gasteiger partial charge in [-0.2, -0.15) is 0 Å². The van der Waals surface area contributed by atoms with Crippen molar-refractivity contribution < 1.29 is 19.7 Å². The third-order valence-corrected chi connectivity index (χ3v) is 2.84. The van der Waals surface area contributed by atoms with Crippen LogP contribution in [0.2, 0.25) is 0 Å². The van der Waals surface area contributed by atoms with Gasteiger partial charge in [0.2, 0.25) is 0 Å². The molecule has 0 aliphatic carbocycles. The maximum Gasteiger partial charge on any atom is 0.255 e. The van der Waals surface area contributed by atoms with Crippen LogP contribution >= 0.6 is 0 Å². The lowest BCUT2D eigenvalue weighted by Crippen LogP contribution is -2.36. The van der Waals surface area contributed by atoms with Crippen molar-refractivity contribution in [2.75, 3.05) is 40.0 Å². The molecule has 0 spiro atoms. The third kappa shape index (κ3) is 5.56. The average Bonchev–Trinajstić information content (AvgIpc) is 2.51. The van der Waals surface area contributed by atoms with Crippen LogP contribution in [-0.2, 0) is 4.74 Å². The lowest BCUT2D eigenvalue weighted by Gasteiger charge is -2.22. The van der Waals surface area contributed by atoms with Gasteiger partial charge < -0.3 is 19.8 Å². The van der Waals surface area contributed by atoms with Crippen LogP contribution in [0.5, 0.6) is 0 Å². The van der Waals surface area contributed by atoms with Crippen LogP contribution in [0.1, 0.15) is 22.3 Å². The first-order valence-electron chi connectivity index (χ1n) is 6.82. The van der Waals surface area contributed by atoms with Gasteiger partial charge in [-0.05, 0) is 12.1 Å². The Kier molecular flexibility index (Phi) is 8.14. The molecule has 0 aliphatic rings. The number of nitrogens with zero attached hydrogens (tertiary/aromatic N) is 1. The van der Waals surface area contributed by atoms with Crippen molar-refractivity contribution in [1.82, 2.24) is 4.90 Å². The molecule has 0 heterocycles. The molecule has 2 N–H and O–H groups in total. The molecule has 5 nitrogen and oxygen atoms in total. The van der Waals surface area contributed by atoms with Gasteiger partial charge in [0.25, 0.3) is 5.91 Å². The second-order valence-electron chi connectivity index (χ2n) is 4.33. The predicted octanol–water partition coefficient (Wildman–Crippen LogP) is 0.501. The number of methoxy groups -OCH3 is 1. The molecule has 0 bridgehead atoms. The number of hydrogen-bond acceptors (Lipinski definition) is 4. The number of aliphatic hydroxyl groups is 2. The van der Waals surface area contributed by atoms with Crippen LogP contribution < -0.4 is 0 Å². The Morgan fingerprint density at radius 2 is 2.00 bits per heavy atom. The number of aliphatic hydroxyl groups excluding tert-OH is 2. The minimum atomic E-state index is -0.185. The van der Waals surface area contributed by atoms with E-state index < -0.39 is 0 Å². The van der Waals surface area contributed by atoms with Crippen LogP contribution in [0.3, 0.4) is 0 Å². The van der Waals surface area contributed by atoms with E-state index in [0.717, 1.165) is 0 Å². The Labute approximate surface area is 125 Å². The predicted molar refractivity (Wildman–Crippen MR) is 79.9 cm³/mol. The zero-order valence-electron chi connectivity index (χ0n) is 12.2. The van der Waals surface area contributed by atoms with Crippen LogP contribution in [0.4, 0.5) is 0 Å². The highest BCUT2D eigenvalue weighted by atomic mass is 16.5. The first-order valence-corrected chi connectivity index (χ1v) is 6.82. The third-order valence-electron chi connectivity index (χ3n) is 2.84. The van der Waals surface area contributed by atoms with Gasteiger partial charge in [-0.25, -0.2) is 0 Å². The molecular weight excluding hydrogens is 270 g/mol. The van der Waals surface area contributed by atoms with Crippen molar-refractivity contribution >= 4 is 5.91 Å². The van der Waals surface area contributed by atoms with Crippen LogP contribution in [0.15, 0.2) is 24.3 Å². The number of benzene rings is 1. The van der Waals surface area contributed by atoms with Crippen LogP contribution in [0, 0.1) is 11.8 Å². The molecule has 0 aliphatic heterocycles. The highest BCUT2D eigenvalue weighted by molar-refractivity contribution is 5.96. The smallest absolute Gasteiger partial charge is 0.255 e. The van der Waals surface area contributed by atoms with E-state index in [2.05, 4.69) is 11.8 Å². The molecule has 1 amide bonds. The topological polar surface area (TPSA) is 70.0 Å². The van der Waals surface area contributed by atoms with Gasteiger partial charge >= 0.3 is 0 Å². The Morgan fingerprint density at radius 1 is 1.24 bits per heavy atom. The Hall–Kier alpha value is -1.87. The number of carbonyl (C=O) groups is 1. The molecule has 114 valence electrons. The minimum Gasteiger partial charge on any atom is -0.395 e. The van der Waals surface area contributed by atoms with Gasteiger partial charge in [0.05, 0.1) is 25.4 Å². The lowest BCUT2D eigenvalue weighted by atomic mass is 10.1. The molecule has 1 aromatic carbocycles. The van der Waals surface area contributed by atoms with Crippen molar-refractivity contribution in [3.8, 4) is 11.8 Å². The van der Waals surface area contributed by atoms with E-state index >= 15 is 0 Å². The van der Waals surface area contributed by atoms with Gasteiger partial charge in [0, 0.05) is 32.2 Å². The maximum absolute atomic E-state index is 12.5. The van der Waals surface area contributed by atoms with Crippen LogP contribution in [-0.4, -0.2) is 61.0 Å². The SMILES string of the molecule is COCCN(CCO)C(=O)c1ccccc1C#CCCO. The molecular formula is C16H21NO4. The van der Waals surface area contributed by atoms with Crippen molar-refractivity contribution in [3.05, 3.63) is 35.4 Å². The molecule has 0 saturated heterocycles. The second-order valence-corrected chi connectivity index (χ2v) is 4.33. The summed E-state index contributed by atoms with van der Waals surface area (Å²) in [5.41, 5.74) is 1.11. The van der Waals surface area contributed by atoms with Gasteiger partial charge in [0.1, 0.15) is 0 Å². The largest absolute Gasteiger partial charge is 0.395 e. The summed E-state index contributed by atoms with van der Waals surface area (Å²) in [6, 6.07) is 7.07. The number of rotatable bonds is 7. The van der Waals surface area contributed by atoms with E-state index in [0.29, 0.717) is 30.7 Å². The van der Waals surface area contributed by atoms with Crippen molar-refractivity contribution in [1.29, 1.82) is 0 Å². The first kappa shape index (κ1) is 17.2. The molecule has 0 unspecified atom stereocenters. The fourth-order valence-corrected chi connectivity index (χ4v) is 1.80. The number of carbonyl (C=O) groups excluding carboxylic acids is 1.